The van der Waals surface area contributed by atoms with Crippen molar-refractivity contribution in [3.63, 3.8) is 0 Å². The Morgan fingerprint density at radius 2 is 2.00 bits per heavy atom. The number of hydrogen-bond donors (Lipinski definition) is 2. The maximum atomic E-state index is 11.9. The minimum atomic E-state index is -0.125. The van der Waals surface area contributed by atoms with Crippen LogP contribution in [-0.4, -0.2) is 21.8 Å². The Kier molecular flexibility index (Phi) is 5.81. The van der Waals surface area contributed by atoms with Gasteiger partial charge in [0.1, 0.15) is 0 Å². The van der Waals surface area contributed by atoms with Crippen LogP contribution in [0.1, 0.15) is 30.9 Å². The fourth-order valence-electron chi connectivity index (χ4n) is 1.81. The van der Waals surface area contributed by atoms with Gasteiger partial charge in [0.15, 0.2) is 5.13 Å². The molecule has 2 N–H and O–H groups in total. The highest BCUT2D eigenvalue weighted by atomic mass is 32.1. The Bertz CT molecular complexity index is 697. The fourth-order valence-corrected chi connectivity index (χ4v) is 2.52. The van der Waals surface area contributed by atoms with E-state index in [-0.39, 0.29) is 24.2 Å². The van der Waals surface area contributed by atoms with Crippen molar-refractivity contribution in [2.45, 2.75) is 33.7 Å². The molecule has 0 radical (unpaired) electrons. The fraction of sp³-hybridized carbons (Fsp3) is 0.375. The van der Waals surface area contributed by atoms with E-state index in [0.717, 1.165) is 11.4 Å². The van der Waals surface area contributed by atoms with Crippen molar-refractivity contribution in [1.82, 2.24) is 15.3 Å². The molecule has 0 bridgehead atoms. The molecule has 2 amide bonds. The first kappa shape index (κ1) is 17.1. The molecule has 6 nitrogen and oxygen atoms in total. The highest BCUT2D eigenvalue weighted by Gasteiger charge is 2.12. The smallest absolute Gasteiger partial charge is 0.228 e. The van der Waals surface area contributed by atoms with Gasteiger partial charge in [-0.15, -0.1) is 11.3 Å². The van der Waals surface area contributed by atoms with Crippen molar-refractivity contribution in [2.24, 2.45) is 5.92 Å². The minimum Gasteiger partial charge on any atom is -0.350 e. The predicted molar refractivity (Wildman–Crippen MR) is 90.1 cm³/mol. The van der Waals surface area contributed by atoms with Gasteiger partial charge in [-0.3, -0.25) is 14.6 Å². The van der Waals surface area contributed by atoms with Gasteiger partial charge < -0.3 is 10.6 Å². The van der Waals surface area contributed by atoms with Crippen molar-refractivity contribution >= 4 is 28.3 Å². The number of carbonyl (C=O) groups excluding carboxylic acids is 2. The van der Waals surface area contributed by atoms with Crippen LogP contribution in [0.4, 0.5) is 5.13 Å². The van der Waals surface area contributed by atoms with Crippen LogP contribution < -0.4 is 10.6 Å². The van der Waals surface area contributed by atoms with Crippen LogP contribution in [0.15, 0.2) is 23.6 Å². The molecular formula is C16H20N4O2S. The normalized spacial score (nSPS) is 10.6. The SMILES string of the molecule is Cc1cccc(CNC(=O)Cc2csc(NC(=O)C(C)C)n2)n1. The summed E-state index contributed by atoms with van der Waals surface area (Å²) in [4.78, 5) is 32.1. The maximum Gasteiger partial charge on any atom is 0.228 e. The van der Waals surface area contributed by atoms with E-state index in [1.54, 1.807) is 5.38 Å². The Hall–Kier alpha value is -2.28. The first-order valence-electron chi connectivity index (χ1n) is 7.38. The maximum absolute atomic E-state index is 11.9. The van der Waals surface area contributed by atoms with E-state index in [0.29, 0.717) is 17.4 Å². The molecule has 2 aromatic heterocycles. The first-order chi connectivity index (χ1) is 10.9. The number of aryl methyl sites for hydroxylation is 1. The number of nitrogens with zero attached hydrogens (tertiary/aromatic N) is 2. The third-order valence-electron chi connectivity index (χ3n) is 3.06. The largest absolute Gasteiger partial charge is 0.350 e. The summed E-state index contributed by atoms with van der Waals surface area (Å²) in [5.74, 6) is -0.311. The Balaban J connectivity index is 1.83. The average molecular weight is 332 g/mol. The van der Waals surface area contributed by atoms with Gasteiger partial charge in [-0.25, -0.2) is 4.98 Å². The molecule has 0 saturated heterocycles. The molecule has 0 aromatic carbocycles. The van der Waals surface area contributed by atoms with Crippen LogP contribution in [0.25, 0.3) is 0 Å². The number of aromatic nitrogens is 2. The summed E-state index contributed by atoms with van der Waals surface area (Å²) in [6, 6.07) is 5.69. The van der Waals surface area contributed by atoms with E-state index in [4.69, 9.17) is 0 Å². The highest BCUT2D eigenvalue weighted by molar-refractivity contribution is 7.13. The summed E-state index contributed by atoms with van der Waals surface area (Å²) in [5.41, 5.74) is 2.38. The topological polar surface area (TPSA) is 84.0 Å². The number of rotatable bonds is 6. The second-order valence-electron chi connectivity index (χ2n) is 5.51. The van der Waals surface area contributed by atoms with E-state index >= 15 is 0 Å². The number of hydrogen-bond acceptors (Lipinski definition) is 5. The number of amides is 2. The second kappa shape index (κ2) is 7.82. The van der Waals surface area contributed by atoms with Crippen LogP contribution in [0, 0.1) is 12.8 Å². The van der Waals surface area contributed by atoms with Crippen molar-refractivity contribution in [3.8, 4) is 0 Å². The van der Waals surface area contributed by atoms with Crippen LogP contribution in [0.2, 0.25) is 0 Å². The molecule has 23 heavy (non-hydrogen) atoms. The third-order valence-corrected chi connectivity index (χ3v) is 3.87. The lowest BCUT2D eigenvalue weighted by Gasteiger charge is -2.05. The summed E-state index contributed by atoms with van der Waals surface area (Å²) in [7, 11) is 0. The van der Waals surface area contributed by atoms with Gasteiger partial charge in [0.05, 0.1) is 24.4 Å². The van der Waals surface area contributed by atoms with Gasteiger partial charge in [-0.2, -0.15) is 0 Å². The van der Waals surface area contributed by atoms with Crippen LogP contribution >= 0.6 is 11.3 Å². The molecule has 122 valence electrons. The molecule has 0 spiro atoms. The van der Waals surface area contributed by atoms with Crippen molar-refractivity contribution in [3.05, 3.63) is 40.7 Å². The van der Waals surface area contributed by atoms with E-state index in [2.05, 4.69) is 20.6 Å². The molecule has 7 heteroatoms. The summed E-state index contributed by atoms with van der Waals surface area (Å²) in [6.07, 6.45) is 0.180. The lowest BCUT2D eigenvalue weighted by atomic mass is 10.2. The van der Waals surface area contributed by atoms with E-state index < -0.39 is 0 Å². The molecule has 0 atom stereocenters. The molecule has 2 rings (SSSR count). The standard InChI is InChI=1S/C16H20N4O2S/c1-10(2)15(22)20-16-19-13(9-23-16)7-14(21)17-8-12-6-4-5-11(3)18-12/h4-6,9-10H,7-8H2,1-3H3,(H,17,21)(H,19,20,22). The van der Waals surface area contributed by atoms with Gasteiger partial charge in [0, 0.05) is 17.0 Å². The molecule has 2 heterocycles. The quantitative estimate of drug-likeness (QED) is 0.850. The average Bonchev–Trinajstić information content (AvgIpc) is 2.92. The highest BCUT2D eigenvalue weighted by Crippen LogP contribution is 2.16. The molecule has 2 aromatic rings. The molecule has 0 aliphatic heterocycles. The van der Waals surface area contributed by atoms with Crippen LogP contribution in [0.3, 0.4) is 0 Å². The van der Waals surface area contributed by atoms with Gasteiger partial charge in [-0.05, 0) is 19.1 Å². The third kappa shape index (κ3) is 5.45. The van der Waals surface area contributed by atoms with E-state index in [9.17, 15) is 9.59 Å². The predicted octanol–water partition coefficient (Wildman–Crippen LogP) is 2.30. The van der Waals surface area contributed by atoms with E-state index in [1.807, 2.05) is 39.0 Å². The summed E-state index contributed by atoms with van der Waals surface area (Å²) in [6.45, 7) is 5.93. The lowest BCUT2D eigenvalue weighted by Crippen LogP contribution is -2.25. The van der Waals surface area contributed by atoms with E-state index in [1.165, 1.54) is 11.3 Å². The van der Waals surface area contributed by atoms with Gasteiger partial charge in [-0.1, -0.05) is 19.9 Å². The Morgan fingerprint density at radius 1 is 1.22 bits per heavy atom. The monoisotopic (exact) mass is 332 g/mol. The van der Waals surface area contributed by atoms with Crippen molar-refractivity contribution < 1.29 is 9.59 Å². The molecule has 0 fully saturated rings. The van der Waals surface area contributed by atoms with Crippen molar-refractivity contribution in [1.29, 1.82) is 0 Å². The lowest BCUT2D eigenvalue weighted by molar-refractivity contribution is -0.120. The molecule has 0 saturated carbocycles. The number of thiazole rings is 1. The Labute approximate surface area is 139 Å². The summed E-state index contributed by atoms with van der Waals surface area (Å²) < 4.78 is 0. The number of carbonyl (C=O) groups is 2. The minimum absolute atomic E-state index is 0.0825. The van der Waals surface area contributed by atoms with Gasteiger partial charge in [0.25, 0.3) is 0 Å². The zero-order chi connectivity index (χ0) is 16.8. The zero-order valence-electron chi connectivity index (χ0n) is 13.4. The number of anilines is 1. The molecule has 0 aliphatic rings. The van der Waals surface area contributed by atoms with Crippen LogP contribution in [-0.2, 0) is 22.6 Å². The van der Waals surface area contributed by atoms with Crippen molar-refractivity contribution in [2.75, 3.05) is 5.32 Å². The second-order valence-corrected chi connectivity index (χ2v) is 6.37. The summed E-state index contributed by atoms with van der Waals surface area (Å²) in [5, 5.41) is 7.84. The Morgan fingerprint density at radius 3 is 2.70 bits per heavy atom. The number of pyridine rings is 1. The summed E-state index contributed by atoms with van der Waals surface area (Å²) >= 11 is 1.32. The number of nitrogens with one attached hydrogen (secondary N) is 2. The zero-order valence-corrected chi connectivity index (χ0v) is 14.2. The first-order valence-corrected chi connectivity index (χ1v) is 8.26. The van der Waals surface area contributed by atoms with Gasteiger partial charge >= 0.3 is 0 Å². The molecule has 0 aliphatic carbocycles. The molecule has 0 unspecified atom stereocenters. The van der Waals surface area contributed by atoms with Crippen LogP contribution in [0.5, 0.6) is 0 Å². The molecular weight excluding hydrogens is 312 g/mol. The van der Waals surface area contributed by atoms with Gasteiger partial charge in [0.2, 0.25) is 11.8 Å².